The number of aliphatic hydroxyl groups excluding tert-OH is 6. The molecule has 2 fully saturated rings. The molecule has 3 aromatic rings. The van der Waals surface area contributed by atoms with Crippen molar-refractivity contribution in [3.8, 4) is 34.3 Å². The fourth-order valence-electron chi connectivity index (χ4n) is 4.93. The van der Waals surface area contributed by atoms with Crippen molar-refractivity contribution in [2.45, 2.75) is 68.3 Å². The molecule has 0 radical (unpaired) electrons. The average molecular weight is 675 g/mol. The number of fused-ring (bicyclic) bond motifs is 1. The van der Waals surface area contributed by atoms with Gasteiger partial charge in [-0.15, -0.1) is 0 Å². The monoisotopic (exact) mass is 674 g/mol. The Morgan fingerprint density at radius 3 is 2.17 bits per heavy atom. The van der Waals surface area contributed by atoms with E-state index in [0.29, 0.717) is 0 Å². The zero-order chi connectivity index (χ0) is 33.7. The summed E-state index contributed by atoms with van der Waals surface area (Å²) in [6.07, 6.45) is -15.7. The second kappa shape index (κ2) is 12.9. The molecule has 2 saturated heterocycles. The number of rotatable bonds is 8. The molecule has 0 saturated carbocycles. The maximum atomic E-state index is 12.8. The molecule has 252 valence electrons. The summed E-state index contributed by atoms with van der Waals surface area (Å²) in [5.74, 6) is -2.32. The lowest BCUT2D eigenvalue weighted by atomic mass is 9.98. The smallest absolute Gasteiger partial charge is 0.446 e. The van der Waals surface area contributed by atoms with E-state index in [4.69, 9.17) is 27.9 Å². The summed E-state index contributed by atoms with van der Waals surface area (Å²) in [4.78, 5) is 12.8. The molecule has 2 aliphatic heterocycles. The summed E-state index contributed by atoms with van der Waals surface area (Å²) < 4.78 is 63.1. The molecule has 0 amide bonds. The topological polar surface area (TPSA) is 293 Å². The van der Waals surface area contributed by atoms with Crippen LogP contribution in [0.1, 0.15) is 6.92 Å². The molecule has 3 heterocycles. The molecule has 18 nitrogen and oxygen atoms in total. The van der Waals surface area contributed by atoms with Crippen LogP contribution < -0.4 is 14.3 Å². The van der Waals surface area contributed by atoms with Gasteiger partial charge < -0.3 is 68.4 Å². The van der Waals surface area contributed by atoms with Gasteiger partial charge in [-0.1, -0.05) is 0 Å². The summed E-state index contributed by atoms with van der Waals surface area (Å²) in [5, 5.41) is 81.8. The van der Waals surface area contributed by atoms with Gasteiger partial charge in [0.05, 0.1) is 12.7 Å². The number of hydrogen-bond donors (Lipinski definition) is 9. The highest BCUT2D eigenvalue weighted by Crippen LogP contribution is 2.37. The molecule has 9 N–H and O–H groups in total. The van der Waals surface area contributed by atoms with Gasteiger partial charge in [-0.3, -0.25) is 9.35 Å². The van der Waals surface area contributed by atoms with Crippen molar-refractivity contribution in [2.24, 2.45) is 0 Å². The summed E-state index contributed by atoms with van der Waals surface area (Å²) in [7, 11) is -4.98. The van der Waals surface area contributed by atoms with Gasteiger partial charge in [0.25, 0.3) is 0 Å². The van der Waals surface area contributed by atoms with Crippen LogP contribution in [0.4, 0.5) is 0 Å². The van der Waals surface area contributed by atoms with E-state index < -0.39 is 101 Å². The van der Waals surface area contributed by atoms with E-state index in [2.05, 4.69) is 4.18 Å². The van der Waals surface area contributed by atoms with Gasteiger partial charge in [-0.2, -0.15) is 8.42 Å². The first-order valence-corrected chi connectivity index (χ1v) is 14.9. The van der Waals surface area contributed by atoms with Crippen LogP contribution in [-0.2, 0) is 24.6 Å². The normalized spacial score (nSPS) is 31.9. The van der Waals surface area contributed by atoms with E-state index in [1.54, 1.807) is 0 Å². The van der Waals surface area contributed by atoms with Gasteiger partial charge in [0.1, 0.15) is 65.2 Å². The van der Waals surface area contributed by atoms with Gasteiger partial charge >= 0.3 is 10.4 Å². The quantitative estimate of drug-likeness (QED) is 0.118. The third-order valence-corrected chi connectivity index (χ3v) is 7.78. The Kier molecular flexibility index (Phi) is 9.46. The first-order chi connectivity index (χ1) is 21.5. The van der Waals surface area contributed by atoms with Gasteiger partial charge in [0.15, 0.2) is 29.0 Å². The number of hydrogen-bond acceptors (Lipinski definition) is 17. The standard InChI is InChI=1S/C27H30O18S/c1-9-20(31)22(33)24(35)26(41-9)40-8-18-21(32)23(34)25(36)27(44-18)43-16-4-10(2-3-12(16)28)15-7-14(30)19-13(29)5-11(6-17(19)42-15)45-46(37,38)39/h2-7,9,18,20-29,31-36H,8H2,1H3,(H,37,38,39)/t9-,18+,20+,21-,22+,23-,24-,25+,26-,27-/m1/s1. The predicted molar refractivity (Wildman–Crippen MR) is 149 cm³/mol. The van der Waals surface area contributed by atoms with E-state index in [1.807, 2.05) is 0 Å². The largest absolute Gasteiger partial charge is 0.507 e. The lowest BCUT2D eigenvalue weighted by Gasteiger charge is -2.42. The van der Waals surface area contributed by atoms with E-state index in [9.17, 15) is 54.1 Å². The third-order valence-electron chi connectivity index (χ3n) is 7.37. The second-order valence-electron chi connectivity index (χ2n) is 10.6. The van der Waals surface area contributed by atoms with Crippen molar-refractivity contribution in [1.29, 1.82) is 0 Å². The molecule has 2 aliphatic rings. The van der Waals surface area contributed by atoms with Crippen molar-refractivity contribution in [3.63, 3.8) is 0 Å². The van der Waals surface area contributed by atoms with Crippen molar-refractivity contribution >= 4 is 21.4 Å². The SMILES string of the molecule is C[C@H]1O[C@@H](OC[C@@H]2O[C@@H](Oc3cc(-c4cc(=O)c5c(O)cc(OS(=O)(=O)O)cc5o4)ccc3O)[C@@H](O)[C@H](O)[C@@H]2O)[C@H](O)[C@@H](O)[C@H]1O. The minimum absolute atomic E-state index is 0.0801. The fraction of sp³-hybridized carbons (Fsp3) is 0.444. The van der Waals surface area contributed by atoms with Crippen molar-refractivity contribution in [2.75, 3.05) is 6.61 Å². The lowest BCUT2D eigenvalue weighted by molar-refractivity contribution is -0.318. The van der Waals surface area contributed by atoms with Crippen LogP contribution >= 0.6 is 0 Å². The Morgan fingerprint density at radius 2 is 1.48 bits per heavy atom. The van der Waals surface area contributed by atoms with Crippen LogP contribution in [0, 0.1) is 0 Å². The molecular weight excluding hydrogens is 644 g/mol. The van der Waals surface area contributed by atoms with Crippen LogP contribution in [-0.4, -0.2) is 122 Å². The minimum atomic E-state index is -4.98. The average Bonchev–Trinajstić information content (AvgIpc) is 2.97. The zero-order valence-corrected chi connectivity index (χ0v) is 24.4. The molecular formula is C27H30O18S. The van der Waals surface area contributed by atoms with Crippen LogP contribution in [0.2, 0.25) is 0 Å². The van der Waals surface area contributed by atoms with Crippen molar-refractivity contribution < 1.29 is 81.4 Å². The number of phenolic OH excluding ortho intramolecular Hbond substituents is 2. The van der Waals surface area contributed by atoms with E-state index in [1.165, 1.54) is 13.0 Å². The molecule has 10 atom stereocenters. The van der Waals surface area contributed by atoms with Crippen LogP contribution in [0.25, 0.3) is 22.3 Å². The van der Waals surface area contributed by atoms with Gasteiger partial charge in [-0.25, -0.2) is 0 Å². The molecule has 19 heteroatoms. The summed E-state index contributed by atoms with van der Waals surface area (Å²) in [6.45, 7) is 0.863. The Hall–Kier alpha value is -3.60. The molecule has 1 aromatic heterocycles. The Labute approximate surface area is 258 Å². The molecule has 0 aliphatic carbocycles. The zero-order valence-electron chi connectivity index (χ0n) is 23.6. The Morgan fingerprint density at radius 1 is 0.804 bits per heavy atom. The van der Waals surface area contributed by atoms with Crippen molar-refractivity contribution in [3.05, 3.63) is 46.6 Å². The molecule has 2 aromatic carbocycles. The first-order valence-electron chi connectivity index (χ1n) is 13.5. The molecule has 5 rings (SSSR count). The number of phenols is 2. The highest BCUT2D eigenvalue weighted by Gasteiger charge is 2.47. The highest BCUT2D eigenvalue weighted by molar-refractivity contribution is 7.81. The van der Waals surface area contributed by atoms with E-state index in [-0.39, 0.29) is 28.0 Å². The van der Waals surface area contributed by atoms with E-state index in [0.717, 1.165) is 30.3 Å². The first kappa shape index (κ1) is 33.8. The van der Waals surface area contributed by atoms with Crippen molar-refractivity contribution in [1.82, 2.24) is 0 Å². The number of aliphatic hydroxyl groups is 6. The maximum absolute atomic E-state index is 12.8. The number of benzene rings is 2. The molecule has 0 unspecified atom stereocenters. The number of ether oxygens (including phenoxy) is 4. The summed E-state index contributed by atoms with van der Waals surface area (Å²) in [5.41, 5.74) is -1.03. The second-order valence-corrected chi connectivity index (χ2v) is 11.7. The van der Waals surface area contributed by atoms with Crippen LogP contribution in [0.5, 0.6) is 23.0 Å². The number of aromatic hydroxyl groups is 2. The van der Waals surface area contributed by atoms with E-state index >= 15 is 0 Å². The minimum Gasteiger partial charge on any atom is -0.507 e. The molecule has 0 spiro atoms. The fourth-order valence-corrected chi connectivity index (χ4v) is 5.27. The van der Waals surface area contributed by atoms with Crippen LogP contribution in [0.15, 0.2) is 45.6 Å². The molecule has 46 heavy (non-hydrogen) atoms. The maximum Gasteiger partial charge on any atom is 0.446 e. The summed E-state index contributed by atoms with van der Waals surface area (Å²) >= 11 is 0. The van der Waals surface area contributed by atoms with Crippen LogP contribution in [0.3, 0.4) is 0 Å². The van der Waals surface area contributed by atoms with Gasteiger partial charge in [-0.05, 0) is 25.1 Å². The van der Waals surface area contributed by atoms with Gasteiger partial charge in [0, 0.05) is 23.8 Å². The predicted octanol–water partition coefficient (Wildman–Crippen LogP) is -1.92. The molecule has 0 bridgehead atoms. The highest BCUT2D eigenvalue weighted by atomic mass is 32.3. The summed E-state index contributed by atoms with van der Waals surface area (Å²) in [6, 6.07) is 6.23. The van der Waals surface area contributed by atoms with Gasteiger partial charge in [0.2, 0.25) is 6.29 Å². The Balaban J connectivity index is 1.37. The third kappa shape index (κ3) is 6.89. The Bertz CT molecular complexity index is 1740. The lowest BCUT2D eigenvalue weighted by Crippen LogP contribution is -2.61.